The van der Waals surface area contributed by atoms with Crippen LogP contribution in [0, 0.1) is 17.8 Å². The van der Waals surface area contributed by atoms with E-state index < -0.39 is 0 Å². The largest absolute Gasteiger partial charge is 0.115 e. The van der Waals surface area contributed by atoms with E-state index in [1.54, 1.807) is 0 Å². The number of benzene rings is 1. The van der Waals surface area contributed by atoms with Gasteiger partial charge in [-0.2, -0.15) is 0 Å². The van der Waals surface area contributed by atoms with Crippen molar-refractivity contribution in [2.75, 3.05) is 0 Å². The molecule has 0 heteroatoms. The standard InChI is InChI=1S/C16H16/c1-4-13-12-16(2,3)11-10-15(13)14-8-6-5-7-9-14/h1,5-11H,12H2,2-3H3. The van der Waals surface area contributed by atoms with Crippen LogP contribution in [-0.4, -0.2) is 0 Å². The van der Waals surface area contributed by atoms with Crippen molar-refractivity contribution in [2.45, 2.75) is 20.3 Å². The van der Waals surface area contributed by atoms with E-state index in [0.29, 0.717) is 0 Å². The van der Waals surface area contributed by atoms with Crippen LogP contribution in [0.15, 0.2) is 48.1 Å². The van der Waals surface area contributed by atoms with Gasteiger partial charge in [-0.05, 0) is 23.0 Å². The second-order valence-corrected chi connectivity index (χ2v) is 4.90. The molecule has 0 saturated heterocycles. The third-order valence-electron chi connectivity index (χ3n) is 2.92. The fourth-order valence-corrected chi connectivity index (χ4v) is 2.04. The molecule has 0 aromatic heterocycles. The Bertz CT molecular complexity index is 479. The number of hydrogen-bond donors (Lipinski definition) is 0. The Morgan fingerprint density at radius 1 is 1.19 bits per heavy atom. The molecule has 16 heavy (non-hydrogen) atoms. The molecular formula is C16H16. The lowest BCUT2D eigenvalue weighted by molar-refractivity contribution is 0.478. The molecule has 0 heterocycles. The summed E-state index contributed by atoms with van der Waals surface area (Å²) >= 11 is 0. The van der Waals surface area contributed by atoms with Gasteiger partial charge in [-0.3, -0.25) is 0 Å². The number of hydrogen-bond acceptors (Lipinski definition) is 0. The monoisotopic (exact) mass is 208 g/mol. The number of rotatable bonds is 1. The van der Waals surface area contributed by atoms with Crippen LogP contribution in [0.3, 0.4) is 0 Å². The summed E-state index contributed by atoms with van der Waals surface area (Å²) in [6.45, 7) is 4.42. The normalized spacial score (nSPS) is 18.3. The third-order valence-corrected chi connectivity index (χ3v) is 2.92. The molecule has 0 spiro atoms. The molecular weight excluding hydrogens is 192 g/mol. The number of terminal acetylenes is 1. The lowest BCUT2D eigenvalue weighted by Gasteiger charge is -2.26. The Kier molecular flexibility index (Phi) is 2.71. The molecule has 0 unspecified atom stereocenters. The molecule has 0 saturated carbocycles. The topological polar surface area (TPSA) is 0 Å². The molecule has 1 aliphatic carbocycles. The Labute approximate surface area is 97.7 Å². The SMILES string of the molecule is C#CC1=C(c2ccccc2)C=CC(C)(C)C1. The van der Waals surface area contributed by atoms with Crippen molar-refractivity contribution in [3.05, 3.63) is 53.6 Å². The molecule has 0 amide bonds. The molecule has 0 bridgehead atoms. The van der Waals surface area contributed by atoms with E-state index in [1.165, 1.54) is 11.1 Å². The highest BCUT2D eigenvalue weighted by Gasteiger charge is 2.21. The summed E-state index contributed by atoms with van der Waals surface area (Å²) in [7, 11) is 0. The quantitative estimate of drug-likeness (QED) is 0.610. The minimum Gasteiger partial charge on any atom is -0.115 e. The molecule has 2 rings (SSSR count). The average molecular weight is 208 g/mol. The molecule has 1 aromatic carbocycles. The summed E-state index contributed by atoms with van der Waals surface area (Å²) in [5.41, 5.74) is 3.70. The first kappa shape index (κ1) is 10.8. The summed E-state index contributed by atoms with van der Waals surface area (Å²) in [6, 6.07) is 10.3. The molecule has 1 aliphatic rings. The highest BCUT2D eigenvalue weighted by Crippen LogP contribution is 2.36. The average Bonchev–Trinajstić information content (AvgIpc) is 2.29. The Hall–Kier alpha value is -1.74. The zero-order valence-corrected chi connectivity index (χ0v) is 9.83. The Balaban J connectivity index is 2.46. The number of allylic oxidation sites excluding steroid dienone is 4. The van der Waals surface area contributed by atoms with E-state index in [2.05, 4.69) is 44.1 Å². The van der Waals surface area contributed by atoms with Crippen molar-refractivity contribution in [1.29, 1.82) is 0 Å². The lowest BCUT2D eigenvalue weighted by Crippen LogP contribution is -2.12. The van der Waals surface area contributed by atoms with Gasteiger partial charge in [0.15, 0.2) is 0 Å². The first-order valence-corrected chi connectivity index (χ1v) is 5.57. The van der Waals surface area contributed by atoms with E-state index >= 15 is 0 Å². The van der Waals surface area contributed by atoms with Crippen molar-refractivity contribution in [2.24, 2.45) is 5.41 Å². The summed E-state index contributed by atoms with van der Waals surface area (Å²) in [4.78, 5) is 0. The van der Waals surface area contributed by atoms with E-state index in [4.69, 9.17) is 6.42 Å². The third kappa shape index (κ3) is 2.09. The van der Waals surface area contributed by atoms with Gasteiger partial charge < -0.3 is 0 Å². The van der Waals surface area contributed by atoms with Crippen LogP contribution in [0.4, 0.5) is 0 Å². The van der Waals surface area contributed by atoms with Gasteiger partial charge in [0, 0.05) is 5.57 Å². The predicted molar refractivity (Wildman–Crippen MR) is 69.7 cm³/mol. The van der Waals surface area contributed by atoms with E-state index in [9.17, 15) is 0 Å². The van der Waals surface area contributed by atoms with Gasteiger partial charge in [-0.25, -0.2) is 0 Å². The maximum Gasteiger partial charge on any atom is 0.0104 e. The lowest BCUT2D eigenvalue weighted by atomic mass is 9.78. The molecule has 1 aromatic rings. The molecule has 0 N–H and O–H groups in total. The van der Waals surface area contributed by atoms with Gasteiger partial charge >= 0.3 is 0 Å². The molecule has 0 fully saturated rings. The van der Waals surface area contributed by atoms with Gasteiger partial charge in [-0.15, -0.1) is 6.42 Å². The van der Waals surface area contributed by atoms with Crippen LogP contribution in [-0.2, 0) is 0 Å². The highest BCUT2D eigenvalue weighted by atomic mass is 14.3. The van der Waals surface area contributed by atoms with Gasteiger partial charge in [-0.1, -0.05) is 62.3 Å². The van der Waals surface area contributed by atoms with Crippen LogP contribution < -0.4 is 0 Å². The summed E-state index contributed by atoms with van der Waals surface area (Å²) in [5.74, 6) is 2.84. The molecule has 0 radical (unpaired) electrons. The molecule has 0 aliphatic heterocycles. The van der Waals surface area contributed by atoms with Crippen LogP contribution in [0.2, 0.25) is 0 Å². The van der Waals surface area contributed by atoms with Crippen molar-refractivity contribution >= 4 is 5.57 Å². The van der Waals surface area contributed by atoms with E-state index in [-0.39, 0.29) is 5.41 Å². The van der Waals surface area contributed by atoms with Crippen LogP contribution in [0.25, 0.3) is 5.57 Å². The second kappa shape index (κ2) is 4.02. The Morgan fingerprint density at radius 2 is 1.88 bits per heavy atom. The minimum absolute atomic E-state index is 0.181. The summed E-state index contributed by atoms with van der Waals surface area (Å²) in [6.07, 6.45) is 11.0. The maximum atomic E-state index is 5.61. The first-order valence-electron chi connectivity index (χ1n) is 5.57. The van der Waals surface area contributed by atoms with E-state index in [1.807, 2.05) is 18.2 Å². The molecule has 80 valence electrons. The summed E-state index contributed by atoms with van der Waals surface area (Å²) in [5, 5.41) is 0. The zero-order valence-electron chi connectivity index (χ0n) is 9.83. The molecule has 0 atom stereocenters. The van der Waals surface area contributed by atoms with Crippen LogP contribution in [0.5, 0.6) is 0 Å². The van der Waals surface area contributed by atoms with Crippen molar-refractivity contribution in [1.82, 2.24) is 0 Å². The zero-order chi connectivity index (χ0) is 11.6. The van der Waals surface area contributed by atoms with Crippen LogP contribution >= 0.6 is 0 Å². The van der Waals surface area contributed by atoms with Crippen molar-refractivity contribution in [3.8, 4) is 12.3 Å². The highest BCUT2D eigenvalue weighted by molar-refractivity contribution is 5.80. The second-order valence-electron chi connectivity index (χ2n) is 4.90. The van der Waals surface area contributed by atoms with Crippen LogP contribution in [0.1, 0.15) is 25.8 Å². The maximum absolute atomic E-state index is 5.61. The van der Waals surface area contributed by atoms with Gasteiger partial charge in [0.05, 0.1) is 0 Å². The first-order chi connectivity index (χ1) is 7.62. The fourth-order valence-electron chi connectivity index (χ4n) is 2.04. The van der Waals surface area contributed by atoms with E-state index in [0.717, 1.165) is 12.0 Å². The predicted octanol–water partition coefficient (Wildman–Crippen LogP) is 4.06. The van der Waals surface area contributed by atoms with Gasteiger partial charge in [0.1, 0.15) is 0 Å². The smallest absolute Gasteiger partial charge is 0.0104 e. The molecule has 0 nitrogen and oxygen atoms in total. The fraction of sp³-hybridized carbons (Fsp3) is 0.250. The minimum atomic E-state index is 0.181. The Morgan fingerprint density at radius 3 is 2.50 bits per heavy atom. The van der Waals surface area contributed by atoms with Gasteiger partial charge in [0.2, 0.25) is 0 Å². The van der Waals surface area contributed by atoms with Crippen molar-refractivity contribution in [3.63, 3.8) is 0 Å². The summed E-state index contributed by atoms with van der Waals surface area (Å²) < 4.78 is 0. The van der Waals surface area contributed by atoms with Gasteiger partial charge in [0.25, 0.3) is 0 Å². The van der Waals surface area contributed by atoms with Crippen molar-refractivity contribution < 1.29 is 0 Å².